The first-order chi connectivity index (χ1) is 10.8. The first kappa shape index (κ1) is 16.5. The number of rotatable bonds is 7. The average molecular weight is 316 g/mol. The Hall–Kier alpha value is -1.88. The highest BCUT2D eigenvalue weighted by Crippen LogP contribution is 2.13. The van der Waals surface area contributed by atoms with E-state index in [0.717, 1.165) is 31.9 Å². The van der Waals surface area contributed by atoms with Crippen LogP contribution in [0.25, 0.3) is 0 Å². The van der Waals surface area contributed by atoms with Gasteiger partial charge in [0.15, 0.2) is 5.96 Å². The lowest BCUT2D eigenvalue weighted by Gasteiger charge is -2.15. The highest BCUT2D eigenvalue weighted by atomic mass is 32.1. The predicted octanol–water partition coefficient (Wildman–Crippen LogP) is 2.73. The van der Waals surface area contributed by atoms with E-state index in [1.165, 1.54) is 10.4 Å². The fraction of sp³-hybridized carbons (Fsp3) is 0.412. The molecule has 2 heterocycles. The van der Waals surface area contributed by atoms with Gasteiger partial charge in [0.25, 0.3) is 0 Å². The highest BCUT2D eigenvalue weighted by molar-refractivity contribution is 7.09. The maximum absolute atomic E-state index is 4.27. The van der Waals surface area contributed by atoms with E-state index in [0.29, 0.717) is 5.92 Å². The fourth-order valence-corrected chi connectivity index (χ4v) is 3.08. The van der Waals surface area contributed by atoms with Gasteiger partial charge in [-0.2, -0.15) is 0 Å². The summed E-state index contributed by atoms with van der Waals surface area (Å²) in [5.41, 5.74) is 1.23. The summed E-state index contributed by atoms with van der Waals surface area (Å²) in [5, 5.41) is 8.87. The lowest BCUT2D eigenvalue weighted by molar-refractivity contribution is 0.562. The molecular weight excluding hydrogens is 292 g/mol. The number of nitrogens with zero attached hydrogens (tertiary/aromatic N) is 2. The fourth-order valence-electron chi connectivity index (χ4n) is 2.21. The van der Waals surface area contributed by atoms with Crippen LogP contribution in [0.2, 0.25) is 0 Å². The molecule has 0 aliphatic carbocycles. The number of hydrogen-bond donors (Lipinski definition) is 2. The molecule has 2 rings (SSSR count). The molecule has 0 saturated heterocycles. The molecule has 118 valence electrons. The van der Waals surface area contributed by atoms with E-state index in [-0.39, 0.29) is 0 Å². The molecule has 2 N–H and O–H groups in total. The molecule has 22 heavy (non-hydrogen) atoms. The number of aliphatic imine (C=N–C) groups is 1. The van der Waals surface area contributed by atoms with Crippen LogP contribution < -0.4 is 10.6 Å². The number of pyridine rings is 1. The van der Waals surface area contributed by atoms with E-state index in [1.54, 1.807) is 6.20 Å². The van der Waals surface area contributed by atoms with Crippen molar-refractivity contribution in [3.05, 3.63) is 52.5 Å². The molecule has 0 bridgehead atoms. The van der Waals surface area contributed by atoms with Crippen molar-refractivity contribution >= 4 is 17.3 Å². The quantitative estimate of drug-likeness (QED) is 0.610. The molecule has 0 amide bonds. The average Bonchev–Trinajstić information content (AvgIpc) is 3.04. The second kappa shape index (κ2) is 9.20. The minimum atomic E-state index is 0.579. The molecule has 4 nitrogen and oxygen atoms in total. The molecular formula is C17H24N4S. The molecule has 1 atom stereocenters. The minimum Gasteiger partial charge on any atom is -0.356 e. The SMILES string of the molecule is CN=C(NCCc1cccnc1)NCC(C)Cc1cccs1. The predicted molar refractivity (Wildman–Crippen MR) is 94.5 cm³/mol. The van der Waals surface area contributed by atoms with Crippen molar-refractivity contribution in [2.24, 2.45) is 10.9 Å². The van der Waals surface area contributed by atoms with Crippen LogP contribution in [0.5, 0.6) is 0 Å². The Bertz CT molecular complexity index is 551. The van der Waals surface area contributed by atoms with E-state index in [4.69, 9.17) is 0 Å². The molecule has 0 saturated carbocycles. The summed E-state index contributed by atoms with van der Waals surface area (Å²) < 4.78 is 0. The van der Waals surface area contributed by atoms with Gasteiger partial charge in [-0.05, 0) is 41.8 Å². The van der Waals surface area contributed by atoms with Crippen LogP contribution >= 0.6 is 11.3 Å². The smallest absolute Gasteiger partial charge is 0.190 e. The molecule has 2 aromatic rings. The largest absolute Gasteiger partial charge is 0.356 e. The van der Waals surface area contributed by atoms with Gasteiger partial charge in [-0.1, -0.05) is 19.1 Å². The zero-order chi connectivity index (χ0) is 15.6. The monoisotopic (exact) mass is 316 g/mol. The standard InChI is InChI=1S/C17H24N4S/c1-14(11-16-6-4-10-22-16)12-21-17(18-2)20-9-7-15-5-3-8-19-13-15/h3-6,8,10,13-14H,7,9,11-12H2,1-2H3,(H2,18,20,21). The summed E-state index contributed by atoms with van der Waals surface area (Å²) >= 11 is 1.82. The van der Waals surface area contributed by atoms with Crippen molar-refractivity contribution in [1.29, 1.82) is 0 Å². The molecule has 0 aliphatic rings. The molecule has 5 heteroatoms. The van der Waals surface area contributed by atoms with Gasteiger partial charge >= 0.3 is 0 Å². The third-order valence-electron chi connectivity index (χ3n) is 3.40. The summed E-state index contributed by atoms with van der Waals surface area (Å²) in [5.74, 6) is 1.44. The van der Waals surface area contributed by atoms with Crippen LogP contribution in [0.4, 0.5) is 0 Å². The first-order valence-corrected chi connectivity index (χ1v) is 8.51. The normalized spacial score (nSPS) is 12.9. The van der Waals surface area contributed by atoms with Crippen molar-refractivity contribution in [2.75, 3.05) is 20.1 Å². The summed E-state index contributed by atoms with van der Waals surface area (Å²) in [6.45, 7) is 4.03. The van der Waals surface area contributed by atoms with Gasteiger partial charge in [0.2, 0.25) is 0 Å². The number of thiophene rings is 1. The van der Waals surface area contributed by atoms with E-state index < -0.39 is 0 Å². The Morgan fingerprint density at radius 3 is 2.91 bits per heavy atom. The van der Waals surface area contributed by atoms with Gasteiger partial charge in [-0.25, -0.2) is 0 Å². The van der Waals surface area contributed by atoms with Crippen molar-refractivity contribution in [3.63, 3.8) is 0 Å². The number of guanidine groups is 1. The van der Waals surface area contributed by atoms with E-state index in [9.17, 15) is 0 Å². The van der Waals surface area contributed by atoms with Crippen LogP contribution in [0.3, 0.4) is 0 Å². The number of aromatic nitrogens is 1. The number of hydrogen-bond acceptors (Lipinski definition) is 3. The zero-order valence-corrected chi connectivity index (χ0v) is 14.1. The lowest BCUT2D eigenvalue weighted by Crippen LogP contribution is -2.40. The van der Waals surface area contributed by atoms with Gasteiger partial charge in [0.1, 0.15) is 0 Å². The number of nitrogens with one attached hydrogen (secondary N) is 2. The Kier molecular flexibility index (Phi) is 6.90. The van der Waals surface area contributed by atoms with E-state index in [1.807, 2.05) is 30.6 Å². The third kappa shape index (κ3) is 5.85. The Balaban J connectivity index is 1.66. The second-order valence-electron chi connectivity index (χ2n) is 5.38. The van der Waals surface area contributed by atoms with E-state index >= 15 is 0 Å². The van der Waals surface area contributed by atoms with Crippen LogP contribution in [0, 0.1) is 5.92 Å². The summed E-state index contributed by atoms with van der Waals surface area (Å²) in [6.07, 6.45) is 5.75. The minimum absolute atomic E-state index is 0.579. The van der Waals surface area contributed by atoms with Gasteiger partial charge in [0, 0.05) is 37.4 Å². The second-order valence-corrected chi connectivity index (χ2v) is 6.41. The first-order valence-electron chi connectivity index (χ1n) is 7.63. The van der Waals surface area contributed by atoms with Crippen LogP contribution in [-0.4, -0.2) is 31.1 Å². The molecule has 0 radical (unpaired) electrons. The van der Waals surface area contributed by atoms with Crippen LogP contribution in [0.15, 0.2) is 47.0 Å². The lowest BCUT2D eigenvalue weighted by atomic mass is 10.1. The van der Waals surface area contributed by atoms with Crippen LogP contribution in [-0.2, 0) is 12.8 Å². The molecule has 0 aliphatic heterocycles. The van der Waals surface area contributed by atoms with Crippen molar-refractivity contribution in [2.45, 2.75) is 19.8 Å². The van der Waals surface area contributed by atoms with Gasteiger partial charge in [-0.3, -0.25) is 9.98 Å². The molecule has 0 fully saturated rings. The molecule has 0 spiro atoms. The van der Waals surface area contributed by atoms with Crippen molar-refractivity contribution < 1.29 is 0 Å². The summed E-state index contributed by atoms with van der Waals surface area (Å²) in [4.78, 5) is 9.83. The maximum Gasteiger partial charge on any atom is 0.190 e. The summed E-state index contributed by atoms with van der Waals surface area (Å²) in [6, 6.07) is 8.36. The van der Waals surface area contributed by atoms with Crippen molar-refractivity contribution in [1.82, 2.24) is 15.6 Å². The topological polar surface area (TPSA) is 49.3 Å². The van der Waals surface area contributed by atoms with Gasteiger partial charge in [-0.15, -0.1) is 11.3 Å². The Labute approximate surface area is 136 Å². The molecule has 2 aromatic heterocycles. The molecule has 0 aromatic carbocycles. The Morgan fingerprint density at radius 1 is 1.32 bits per heavy atom. The van der Waals surface area contributed by atoms with Crippen LogP contribution in [0.1, 0.15) is 17.4 Å². The Morgan fingerprint density at radius 2 is 2.23 bits per heavy atom. The summed E-state index contributed by atoms with van der Waals surface area (Å²) in [7, 11) is 1.81. The van der Waals surface area contributed by atoms with Gasteiger partial charge < -0.3 is 10.6 Å². The molecule has 1 unspecified atom stereocenters. The third-order valence-corrected chi connectivity index (χ3v) is 4.30. The zero-order valence-electron chi connectivity index (χ0n) is 13.2. The van der Waals surface area contributed by atoms with Crippen molar-refractivity contribution in [3.8, 4) is 0 Å². The van der Waals surface area contributed by atoms with E-state index in [2.05, 4.69) is 51.1 Å². The maximum atomic E-state index is 4.27. The highest BCUT2D eigenvalue weighted by Gasteiger charge is 2.06. The van der Waals surface area contributed by atoms with Gasteiger partial charge in [0.05, 0.1) is 0 Å².